The average molecular weight is 191 g/mol. The van der Waals surface area contributed by atoms with Crippen LogP contribution in [0.3, 0.4) is 0 Å². The van der Waals surface area contributed by atoms with Gasteiger partial charge in [0.2, 0.25) is 5.91 Å². The molecule has 0 aromatic carbocycles. The van der Waals surface area contributed by atoms with E-state index >= 15 is 0 Å². The maximum Gasteiger partial charge on any atom is 0.221 e. The number of alkyl halides is 1. The molecule has 1 heterocycles. The van der Waals surface area contributed by atoms with Crippen molar-refractivity contribution < 1.29 is 4.79 Å². The van der Waals surface area contributed by atoms with Gasteiger partial charge in [0.05, 0.1) is 0 Å². The zero-order valence-electron chi connectivity index (χ0n) is 7.18. The number of nitrogens with zero attached hydrogens (tertiary/aromatic N) is 1. The molecule has 1 amide bonds. The fraction of sp³-hybridized carbons (Fsp3) is 0.875. The molecule has 1 fully saturated rings. The molecule has 0 atom stereocenters. The molecule has 70 valence electrons. The van der Waals surface area contributed by atoms with Crippen molar-refractivity contribution >= 4 is 17.5 Å². The number of hydrogen-bond donors (Lipinski definition) is 1. The Balaban J connectivity index is 2.21. The van der Waals surface area contributed by atoms with E-state index in [1.165, 1.54) is 0 Å². The molecule has 12 heavy (non-hydrogen) atoms. The second-order valence-corrected chi connectivity index (χ2v) is 3.36. The normalized spacial score (nSPS) is 20.2. The first kappa shape index (κ1) is 9.81. The van der Waals surface area contributed by atoms with E-state index in [1.807, 2.05) is 0 Å². The Kier molecular flexibility index (Phi) is 4.40. The first-order valence-corrected chi connectivity index (χ1v) is 4.91. The molecule has 0 radical (unpaired) electrons. The van der Waals surface area contributed by atoms with Crippen LogP contribution in [0.4, 0.5) is 0 Å². The molecular formula is C8H15ClN2O. The summed E-state index contributed by atoms with van der Waals surface area (Å²) in [5, 5.41) is 2.84. The van der Waals surface area contributed by atoms with Crippen molar-refractivity contribution in [3.63, 3.8) is 0 Å². The number of hydrogen-bond acceptors (Lipinski definition) is 2. The minimum Gasteiger partial charge on any atom is -0.355 e. The van der Waals surface area contributed by atoms with Gasteiger partial charge in [0.1, 0.15) is 0 Å². The van der Waals surface area contributed by atoms with Crippen molar-refractivity contribution in [3.05, 3.63) is 0 Å². The van der Waals surface area contributed by atoms with Crippen LogP contribution in [-0.2, 0) is 4.79 Å². The minimum atomic E-state index is 0.170. The van der Waals surface area contributed by atoms with Crippen molar-refractivity contribution in [3.8, 4) is 0 Å². The fourth-order valence-electron chi connectivity index (χ4n) is 1.32. The van der Waals surface area contributed by atoms with Crippen LogP contribution in [-0.4, -0.2) is 42.9 Å². The third-order valence-corrected chi connectivity index (χ3v) is 2.28. The van der Waals surface area contributed by atoms with E-state index < -0.39 is 0 Å². The van der Waals surface area contributed by atoms with Gasteiger partial charge in [-0.25, -0.2) is 0 Å². The number of carbonyl (C=O) groups is 1. The summed E-state index contributed by atoms with van der Waals surface area (Å²) in [6.45, 7) is 3.63. The molecule has 1 aliphatic heterocycles. The molecule has 3 nitrogen and oxygen atoms in total. The first-order chi connectivity index (χ1) is 5.83. The molecule has 0 saturated carbocycles. The molecule has 0 aromatic rings. The number of amides is 1. The molecule has 1 rings (SSSR count). The summed E-state index contributed by atoms with van der Waals surface area (Å²) in [6.07, 6.45) is 1.64. The highest BCUT2D eigenvalue weighted by molar-refractivity contribution is 6.17. The van der Waals surface area contributed by atoms with E-state index in [9.17, 15) is 4.79 Å². The summed E-state index contributed by atoms with van der Waals surface area (Å²) < 4.78 is 0. The van der Waals surface area contributed by atoms with Crippen LogP contribution < -0.4 is 5.32 Å². The van der Waals surface area contributed by atoms with Gasteiger partial charge >= 0.3 is 0 Å². The van der Waals surface area contributed by atoms with Gasteiger partial charge in [-0.15, -0.1) is 11.6 Å². The highest BCUT2D eigenvalue weighted by Crippen LogP contribution is 1.98. The lowest BCUT2D eigenvalue weighted by Crippen LogP contribution is -2.29. The SMILES string of the molecule is O=C1CCN(CCCCl)CCN1. The predicted molar refractivity (Wildman–Crippen MR) is 49.4 cm³/mol. The Bertz CT molecular complexity index is 152. The third-order valence-electron chi connectivity index (χ3n) is 2.01. The monoisotopic (exact) mass is 190 g/mol. The van der Waals surface area contributed by atoms with Crippen molar-refractivity contribution in [1.29, 1.82) is 0 Å². The summed E-state index contributed by atoms with van der Waals surface area (Å²) >= 11 is 5.58. The summed E-state index contributed by atoms with van der Waals surface area (Å²) in [5.74, 6) is 0.876. The van der Waals surface area contributed by atoms with Gasteiger partial charge in [-0.1, -0.05) is 0 Å². The molecule has 4 heteroatoms. The van der Waals surface area contributed by atoms with Crippen molar-refractivity contribution in [2.45, 2.75) is 12.8 Å². The van der Waals surface area contributed by atoms with Crippen molar-refractivity contribution in [1.82, 2.24) is 10.2 Å². The van der Waals surface area contributed by atoms with E-state index in [0.717, 1.165) is 32.6 Å². The maximum absolute atomic E-state index is 10.9. The fourth-order valence-corrected chi connectivity index (χ4v) is 1.44. The van der Waals surface area contributed by atoms with Crippen LogP contribution in [0.5, 0.6) is 0 Å². The summed E-state index contributed by atoms with van der Waals surface area (Å²) in [7, 11) is 0. The summed E-state index contributed by atoms with van der Waals surface area (Å²) in [6, 6.07) is 0. The summed E-state index contributed by atoms with van der Waals surface area (Å²) in [4.78, 5) is 13.2. The molecular weight excluding hydrogens is 176 g/mol. The topological polar surface area (TPSA) is 32.3 Å². The lowest BCUT2D eigenvalue weighted by atomic mass is 10.3. The van der Waals surface area contributed by atoms with Gasteiger partial charge in [-0.2, -0.15) is 0 Å². The van der Waals surface area contributed by atoms with Gasteiger partial charge in [-0.3, -0.25) is 4.79 Å². The van der Waals surface area contributed by atoms with Crippen LogP contribution in [0, 0.1) is 0 Å². The van der Waals surface area contributed by atoms with Crippen molar-refractivity contribution in [2.75, 3.05) is 32.1 Å². The predicted octanol–water partition coefficient (Wildman–Crippen LogP) is 0.437. The minimum absolute atomic E-state index is 0.170. The molecule has 1 aliphatic rings. The average Bonchev–Trinajstić information content (AvgIpc) is 2.27. The second-order valence-electron chi connectivity index (χ2n) is 2.98. The van der Waals surface area contributed by atoms with Crippen LogP contribution >= 0.6 is 11.6 Å². The number of nitrogens with one attached hydrogen (secondary N) is 1. The van der Waals surface area contributed by atoms with E-state index in [-0.39, 0.29) is 5.91 Å². The van der Waals surface area contributed by atoms with E-state index in [1.54, 1.807) is 0 Å². The number of carbonyl (C=O) groups excluding carboxylic acids is 1. The second kappa shape index (κ2) is 5.38. The highest BCUT2D eigenvalue weighted by Gasteiger charge is 2.11. The third kappa shape index (κ3) is 3.41. The van der Waals surface area contributed by atoms with Crippen LogP contribution in [0.25, 0.3) is 0 Å². The Labute approximate surface area is 78.1 Å². The van der Waals surface area contributed by atoms with Gasteiger partial charge < -0.3 is 10.2 Å². The lowest BCUT2D eigenvalue weighted by molar-refractivity contribution is -0.120. The Morgan fingerprint density at radius 1 is 1.50 bits per heavy atom. The van der Waals surface area contributed by atoms with E-state index in [4.69, 9.17) is 11.6 Å². The molecule has 1 N–H and O–H groups in total. The molecule has 1 saturated heterocycles. The largest absolute Gasteiger partial charge is 0.355 e. The van der Waals surface area contributed by atoms with Crippen molar-refractivity contribution in [2.24, 2.45) is 0 Å². The standard InChI is InChI=1S/C8H15ClN2O/c9-3-1-5-11-6-2-8(12)10-4-7-11/h1-7H2,(H,10,12). The lowest BCUT2D eigenvalue weighted by Gasteiger charge is -2.17. The van der Waals surface area contributed by atoms with E-state index in [0.29, 0.717) is 12.3 Å². The van der Waals surface area contributed by atoms with Gasteiger partial charge in [0, 0.05) is 31.9 Å². The maximum atomic E-state index is 10.9. The van der Waals surface area contributed by atoms with Gasteiger partial charge in [-0.05, 0) is 13.0 Å². The van der Waals surface area contributed by atoms with Crippen LogP contribution in [0.1, 0.15) is 12.8 Å². The number of halogens is 1. The summed E-state index contributed by atoms with van der Waals surface area (Å²) in [5.41, 5.74) is 0. The molecule has 0 aromatic heterocycles. The molecule has 0 unspecified atom stereocenters. The molecule has 0 spiro atoms. The Morgan fingerprint density at radius 3 is 3.08 bits per heavy atom. The smallest absolute Gasteiger partial charge is 0.221 e. The van der Waals surface area contributed by atoms with Crippen LogP contribution in [0.15, 0.2) is 0 Å². The number of rotatable bonds is 3. The van der Waals surface area contributed by atoms with Gasteiger partial charge in [0.25, 0.3) is 0 Å². The highest BCUT2D eigenvalue weighted by atomic mass is 35.5. The quantitative estimate of drug-likeness (QED) is 0.655. The zero-order valence-corrected chi connectivity index (χ0v) is 7.94. The Hall–Kier alpha value is -0.280. The molecule has 0 bridgehead atoms. The van der Waals surface area contributed by atoms with E-state index in [2.05, 4.69) is 10.2 Å². The van der Waals surface area contributed by atoms with Gasteiger partial charge in [0.15, 0.2) is 0 Å². The first-order valence-electron chi connectivity index (χ1n) is 4.38. The Morgan fingerprint density at radius 2 is 2.33 bits per heavy atom. The molecule has 0 aliphatic carbocycles. The van der Waals surface area contributed by atoms with Crippen LogP contribution in [0.2, 0.25) is 0 Å². The zero-order chi connectivity index (χ0) is 8.81.